The van der Waals surface area contributed by atoms with Gasteiger partial charge in [0.25, 0.3) is 0 Å². The van der Waals surface area contributed by atoms with Crippen LogP contribution >= 0.6 is 0 Å². The molecule has 0 radical (unpaired) electrons. The lowest BCUT2D eigenvalue weighted by Gasteiger charge is -1.99. The van der Waals surface area contributed by atoms with E-state index < -0.39 is 0 Å². The van der Waals surface area contributed by atoms with Gasteiger partial charge in [0.05, 0.1) is 13.5 Å². The second-order valence-corrected chi connectivity index (χ2v) is 3.81. The predicted octanol–water partition coefficient (Wildman–Crippen LogP) is 2.39. The van der Waals surface area contributed by atoms with Crippen molar-refractivity contribution in [3.8, 4) is 0 Å². The minimum absolute atomic E-state index is 0.140. The summed E-state index contributed by atoms with van der Waals surface area (Å²) in [7, 11) is 1.36. The molecule has 0 saturated carbocycles. The van der Waals surface area contributed by atoms with E-state index in [1.165, 1.54) is 7.11 Å². The van der Waals surface area contributed by atoms with Crippen molar-refractivity contribution < 1.29 is 14.3 Å². The van der Waals surface area contributed by atoms with E-state index in [9.17, 15) is 9.59 Å². The lowest BCUT2D eigenvalue weighted by molar-refractivity contribution is -0.139. The molecule has 0 atom stereocenters. The van der Waals surface area contributed by atoms with E-state index in [1.807, 2.05) is 30.3 Å². The lowest BCUT2D eigenvalue weighted by Crippen LogP contribution is -1.97. The first kappa shape index (κ1) is 13.2. The van der Waals surface area contributed by atoms with Gasteiger partial charge in [-0.15, -0.1) is 0 Å². The van der Waals surface area contributed by atoms with E-state index in [-0.39, 0.29) is 18.2 Å². The van der Waals surface area contributed by atoms with Gasteiger partial charge in [0.15, 0.2) is 0 Å². The minimum atomic E-state index is -0.263. The molecule has 17 heavy (non-hydrogen) atoms. The first-order chi connectivity index (χ1) is 8.11. The highest BCUT2D eigenvalue weighted by atomic mass is 16.5. The lowest BCUT2D eigenvalue weighted by atomic mass is 10.1. The highest BCUT2D eigenvalue weighted by Gasteiger charge is 1.98. The first-order valence-corrected chi connectivity index (χ1v) is 5.43. The minimum Gasteiger partial charge on any atom is -0.469 e. The number of ketones is 1. The molecule has 3 nitrogen and oxygen atoms in total. The zero-order valence-electron chi connectivity index (χ0n) is 10.1. The average Bonchev–Trinajstić information content (AvgIpc) is 2.28. The number of carbonyl (C=O) groups is 2. The monoisotopic (exact) mass is 232 g/mol. The molecule has 1 rings (SSSR count). The number of benzene rings is 1. The summed E-state index contributed by atoms with van der Waals surface area (Å²) in [4.78, 5) is 21.9. The summed E-state index contributed by atoms with van der Waals surface area (Å²) in [6, 6.07) is 7.68. The topological polar surface area (TPSA) is 43.4 Å². The van der Waals surface area contributed by atoms with Gasteiger partial charge in [-0.1, -0.05) is 36.4 Å². The van der Waals surface area contributed by atoms with Crippen LogP contribution in [0.1, 0.15) is 24.5 Å². The summed E-state index contributed by atoms with van der Waals surface area (Å²) in [5.74, 6) is -0.123. The maximum absolute atomic E-state index is 11.0. The molecule has 90 valence electrons. The summed E-state index contributed by atoms with van der Waals surface area (Å²) < 4.78 is 4.53. The van der Waals surface area contributed by atoms with E-state index in [0.717, 1.165) is 11.1 Å². The Balaban J connectivity index is 2.65. The maximum atomic E-state index is 11.0. The molecule has 0 amide bonds. The Morgan fingerprint density at radius 3 is 2.76 bits per heavy atom. The summed E-state index contributed by atoms with van der Waals surface area (Å²) in [6.45, 7) is 1.57. The third-order valence-corrected chi connectivity index (χ3v) is 2.23. The van der Waals surface area contributed by atoms with E-state index >= 15 is 0 Å². The molecule has 0 aliphatic carbocycles. The van der Waals surface area contributed by atoms with Gasteiger partial charge < -0.3 is 4.74 Å². The van der Waals surface area contributed by atoms with Crippen LogP contribution in [0.5, 0.6) is 0 Å². The summed E-state index contributed by atoms with van der Waals surface area (Å²) >= 11 is 0. The molecule has 0 fully saturated rings. The summed E-state index contributed by atoms with van der Waals surface area (Å²) in [5, 5.41) is 0. The van der Waals surface area contributed by atoms with Crippen molar-refractivity contribution in [1.82, 2.24) is 0 Å². The second-order valence-electron chi connectivity index (χ2n) is 3.81. The predicted molar refractivity (Wildman–Crippen MR) is 66.5 cm³/mol. The molecule has 3 heteroatoms. The molecule has 0 saturated heterocycles. The van der Waals surface area contributed by atoms with Crippen LogP contribution < -0.4 is 0 Å². The SMILES string of the molecule is COC(=O)CC=Cc1cccc(CC(C)=O)c1. The highest BCUT2D eigenvalue weighted by Crippen LogP contribution is 2.08. The fourth-order valence-electron chi connectivity index (χ4n) is 1.47. The number of rotatable bonds is 5. The van der Waals surface area contributed by atoms with Crippen molar-refractivity contribution in [2.24, 2.45) is 0 Å². The molecule has 0 spiro atoms. The number of Topliss-reactive ketones (excluding diaryl/α,β-unsaturated/α-hetero) is 1. The molecule has 0 unspecified atom stereocenters. The summed E-state index contributed by atoms with van der Waals surface area (Å²) in [5.41, 5.74) is 1.96. The third-order valence-electron chi connectivity index (χ3n) is 2.23. The van der Waals surface area contributed by atoms with Crippen LogP contribution in [-0.4, -0.2) is 18.9 Å². The molecular formula is C14H16O3. The molecule has 1 aromatic carbocycles. The Labute approximate surface area is 101 Å². The molecule has 0 aliphatic rings. The second kappa shape index (κ2) is 6.63. The van der Waals surface area contributed by atoms with Crippen LogP contribution in [0.15, 0.2) is 30.3 Å². The van der Waals surface area contributed by atoms with E-state index in [0.29, 0.717) is 6.42 Å². The highest BCUT2D eigenvalue weighted by molar-refractivity contribution is 5.78. The number of carbonyl (C=O) groups excluding carboxylic acids is 2. The van der Waals surface area contributed by atoms with Crippen molar-refractivity contribution in [3.63, 3.8) is 0 Å². The van der Waals surface area contributed by atoms with Crippen LogP contribution in [0.4, 0.5) is 0 Å². The quantitative estimate of drug-likeness (QED) is 0.732. The third kappa shape index (κ3) is 5.11. The summed E-state index contributed by atoms with van der Waals surface area (Å²) in [6.07, 6.45) is 4.30. The fraction of sp³-hybridized carbons (Fsp3) is 0.286. The van der Waals surface area contributed by atoms with Gasteiger partial charge in [0.1, 0.15) is 5.78 Å². The first-order valence-electron chi connectivity index (χ1n) is 5.43. The number of esters is 1. The van der Waals surface area contributed by atoms with Gasteiger partial charge in [-0.2, -0.15) is 0 Å². The Bertz CT molecular complexity index is 433. The van der Waals surface area contributed by atoms with Crippen molar-refractivity contribution in [2.45, 2.75) is 19.8 Å². The molecule has 0 bridgehead atoms. The Morgan fingerprint density at radius 2 is 2.12 bits per heavy atom. The van der Waals surface area contributed by atoms with Crippen LogP contribution in [0.25, 0.3) is 6.08 Å². The molecule has 0 heterocycles. The molecule has 0 aromatic heterocycles. The van der Waals surface area contributed by atoms with Gasteiger partial charge in [-0.05, 0) is 18.1 Å². The normalized spacial score (nSPS) is 10.5. The molecule has 1 aromatic rings. The van der Waals surface area contributed by atoms with Gasteiger partial charge in [0, 0.05) is 6.42 Å². The maximum Gasteiger partial charge on any atom is 0.309 e. The van der Waals surface area contributed by atoms with Gasteiger partial charge in [0.2, 0.25) is 0 Å². The van der Waals surface area contributed by atoms with Crippen molar-refractivity contribution in [2.75, 3.05) is 7.11 Å². The molecule has 0 N–H and O–H groups in total. The van der Waals surface area contributed by atoms with Gasteiger partial charge in [-0.3, -0.25) is 9.59 Å². The Hall–Kier alpha value is -1.90. The number of hydrogen-bond donors (Lipinski definition) is 0. The number of hydrogen-bond acceptors (Lipinski definition) is 3. The Kier molecular flexibility index (Phi) is 5.14. The van der Waals surface area contributed by atoms with Crippen molar-refractivity contribution >= 4 is 17.8 Å². The van der Waals surface area contributed by atoms with Crippen molar-refractivity contribution in [3.05, 3.63) is 41.5 Å². The van der Waals surface area contributed by atoms with E-state index in [1.54, 1.807) is 13.0 Å². The van der Waals surface area contributed by atoms with Crippen LogP contribution in [0.3, 0.4) is 0 Å². The largest absolute Gasteiger partial charge is 0.469 e. The number of ether oxygens (including phenoxy) is 1. The zero-order valence-corrected chi connectivity index (χ0v) is 10.1. The van der Waals surface area contributed by atoms with Gasteiger partial charge >= 0.3 is 5.97 Å². The van der Waals surface area contributed by atoms with E-state index in [4.69, 9.17) is 0 Å². The van der Waals surface area contributed by atoms with Crippen LogP contribution in [-0.2, 0) is 20.7 Å². The fourth-order valence-corrected chi connectivity index (χ4v) is 1.47. The molecular weight excluding hydrogens is 216 g/mol. The van der Waals surface area contributed by atoms with Crippen LogP contribution in [0.2, 0.25) is 0 Å². The van der Waals surface area contributed by atoms with Crippen molar-refractivity contribution in [1.29, 1.82) is 0 Å². The standard InChI is InChI=1S/C14H16O3/c1-11(15)9-13-7-3-5-12(10-13)6-4-8-14(16)17-2/h3-7,10H,8-9H2,1-2H3. The Morgan fingerprint density at radius 1 is 1.35 bits per heavy atom. The van der Waals surface area contributed by atoms with Gasteiger partial charge in [-0.25, -0.2) is 0 Å². The smallest absolute Gasteiger partial charge is 0.309 e. The molecule has 0 aliphatic heterocycles. The van der Waals surface area contributed by atoms with Crippen LogP contribution in [0, 0.1) is 0 Å². The van der Waals surface area contributed by atoms with E-state index in [2.05, 4.69) is 4.74 Å². The average molecular weight is 232 g/mol. The zero-order chi connectivity index (χ0) is 12.7. The number of methoxy groups -OCH3 is 1.